The zero-order chi connectivity index (χ0) is 29.9. The molecule has 13 heteroatoms. The molecule has 5 aromatic rings. The molecule has 2 N–H and O–H groups in total. The highest BCUT2D eigenvalue weighted by Gasteiger charge is 2.66. The quantitative estimate of drug-likeness (QED) is 0.216. The van der Waals surface area contributed by atoms with Crippen LogP contribution in [0, 0.1) is 16.7 Å². The van der Waals surface area contributed by atoms with E-state index in [4.69, 9.17) is 11.6 Å². The smallest absolute Gasteiger partial charge is 0.383 e. The number of nitrogens with one attached hydrogen (secondary N) is 2. The molecule has 1 saturated carbocycles. The SMILES string of the molecule is CC(C)(C)CNc1c(C#N)cnc2c(Cl)cc(N[C@H](c3cn(C4(C(F)(F)F)CC4)nn3)c3cccn4nccc34)cc12. The van der Waals surface area contributed by atoms with E-state index in [1.165, 1.54) is 12.4 Å². The maximum Gasteiger partial charge on any atom is 0.413 e. The van der Waals surface area contributed by atoms with Crippen LogP contribution in [0.1, 0.15) is 56.5 Å². The zero-order valence-electron chi connectivity index (χ0n) is 23.0. The van der Waals surface area contributed by atoms with Crippen molar-refractivity contribution in [3.8, 4) is 6.07 Å². The molecule has 216 valence electrons. The van der Waals surface area contributed by atoms with E-state index in [0.29, 0.717) is 45.1 Å². The molecule has 0 amide bonds. The molecule has 1 aliphatic rings. The normalized spacial score (nSPS) is 15.5. The number of pyridine rings is 2. The molecule has 0 aliphatic heterocycles. The molecule has 0 saturated heterocycles. The van der Waals surface area contributed by atoms with Crippen LogP contribution in [-0.2, 0) is 5.54 Å². The van der Waals surface area contributed by atoms with Crippen LogP contribution in [0.3, 0.4) is 0 Å². The van der Waals surface area contributed by atoms with Crippen LogP contribution in [0.15, 0.2) is 55.1 Å². The van der Waals surface area contributed by atoms with Gasteiger partial charge in [0, 0.05) is 41.8 Å². The number of halogens is 4. The van der Waals surface area contributed by atoms with Gasteiger partial charge in [-0.1, -0.05) is 43.7 Å². The van der Waals surface area contributed by atoms with E-state index >= 15 is 0 Å². The van der Waals surface area contributed by atoms with E-state index in [9.17, 15) is 18.4 Å². The molecule has 1 fully saturated rings. The number of nitriles is 1. The molecule has 1 aliphatic carbocycles. The topological polar surface area (TPSA) is 109 Å². The fourth-order valence-corrected chi connectivity index (χ4v) is 5.32. The van der Waals surface area contributed by atoms with E-state index in [1.807, 2.05) is 18.2 Å². The van der Waals surface area contributed by atoms with Crippen molar-refractivity contribution in [1.29, 1.82) is 5.26 Å². The van der Waals surface area contributed by atoms with E-state index in [-0.39, 0.29) is 18.3 Å². The molecule has 1 atom stereocenters. The van der Waals surface area contributed by atoms with Gasteiger partial charge in [-0.05, 0) is 42.5 Å². The Balaban J connectivity index is 1.47. The van der Waals surface area contributed by atoms with Crippen LogP contribution >= 0.6 is 11.6 Å². The Morgan fingerprint density at radius 1 is 1.19 bits per heavy atom. The Labute approximate surface area is 244 Å². The molecular formula is C29H27ClF3N9. The molecule has 42 heavy (non-hydrogen) atoms. The minimum Gasteiger partial charge on any atom is -0.383 e. The molecule has 0 spiro atoms. The third-order valence-corrected chi connectivity index (χ3v) is 7.72. The number of anilines is 2. The first-order chi connectivity index (χ1) is 19.9. The number of nitrogens with zero attached hydrogens (tertiary/aromatic N) is 7. The fraction of sp³-hybridized carbons (Fsp3) is 0.345. The van der Waals surface area contributed by atoms with Gasteiger partial charge in [0.05, 0.1) is 39.5 Å². The van der Waals surface area contributed by atoms with Crippen LogP contribution in [-0.4, -0.2) is 42.3 Å². The van der Waals surface area contributed by atoms with Crippen LogP contribution in [0.2, 0.25) is 5.02 Å². The van der Waals surface area contributed by atoms with Gasteiger partial charge in [0.15, 0.2) is 5.54 Å². The van der Waals surface area contributed by atoms with Crippen molar-refractivity contribution in [3.63, 3.8) is 0 Å². The van der Waals surface area contributed by atoms with Crippen LogP contribution < -0.4 is 10.6 Å². The fourth-order valence-electron chi connectivity index (χ4n) is 5.05. The average Bonchev–Trinajstić information content (AvgIpc) is 3.37. The lowest BCUT2D eigenvalue weighted by molar-refractivity contribution is -0.182. The zero-order valence-corrected chi connectivity index (χ0v) is 23.8. The third-order valence-electron chi connectivity index (χ3n) is 7.43. The molecule has 4 heterocycles. The summed E-state index contributed by atoms with van der Waals surface area (Å²) in [6, 6.07) is 10.5. The van der Waals surface area contributed by atoms with Crippen LogP contribution in [0.25, 0.3) is 16.4 Å². The van der Waals surface area contributed by atoms with Gasteiger partial charge < -0.3 is 10.6 Å². The summed E-state index contributed by atoms with van der Waals surface area (Å²) in [7, 11) is 0. The highest BCUT2D eigenvalue weighted by molar-refractivity contribution is 6.35. The number of rotatable bonds is 7. The first-order valence-electron chi connectivity index (χ1n) is 13.3. The van der Waals surface area contributed by atoms with Gasteiger partial charge in [0.2, 0.25) is 0 Å². The largest absolute Gasteiger partial charge is 0.413 e. The maximum atomic E-state index is 13.9. The van der Waals surface area contributed by atoms with E-state index in [2.05, 4.69) is 57.9 Å². The van der Waals surface area contributed by atoms with E-state index in [1.54, 1.807) is 29.0 Å². The Hall–Kier alpha value is -4.37. The number of hydrogen-bond donors (Lipinski definition) is 2. The van der Waals surface area contributed by atoms with Gasteiger partial charge in [0.1, 0.15) is 11.8 Å². The Morgan fingerprint density at radius 2 is 1.98 bits per heavy atom. The highest BCUT2D eigenvalue weighted by Crippen LogP contribution is 2.55. The monoisotopic (exact) mass is 593 g/mol. The summed E-state index contributed by atoms with van der Waals surface area (Å²) in [5.41, 5.74) is 1.70. The van der Waals surface area contributed by atoms with Gasteiger partial charge in [-0.3, -0.25) is 4.98 Å². The predicted octanol–water partition coefficient (Wildman–Crippen LogP) is 6.71. The summed E-state index contributed by atoms with van der Waals surface area (Å²) in [4.78, 5) is 4.42. The molecule has 4 aromatic heterocycles. The van der Waals surface area contributed by atoms with Crippen molar-refractivity contribution >= 4 is 39.4 Å². The standard InChI is InChI=1S/C29H27ClF3N9/c1-27(2,3)16-36-24-17(13-34)14-35-25-20(24)11-18(12-21(25)30)38-26(19-5-4-10-41-23(19)6-9-37-41)22-15-42(40-39-22)28(7-8-28)29(31,32)33/h4-6,9-12,14-15,26,38H,7-8,16H2,1-3H3,(H,35,36)/t26-/m0/s1. The number of alkyl halides is 3. The van der Waals surface area contributed by atoms with Crippen molar-refractivity contribution in [2.75, 3.05) is 17.2 Å². The predicted molar refractivity (Wildman–Crippen MR) is 153 cm³/mol. The third kappa shape index (κ3) is 4.87. The van der Waals surface area contributed by atoms with E-state index < -0.39 is 17.8 Å². The number of fused-ring (bicyclic) bond motifs is 2. The number of hydrogen-bond acceptors (Lipinski definition) is 7. The molecule has 0 bridgehead atoms. The Kier molecular flexibility index (Phi) is 6.53. The summed E-state index contributed by atoms with van der Waals surface area (Å²) in [6.07, 6.45) is 1.73. The van der Waals surface area contributed by atoms with Gasteiger partial charge in [-0.25, -0.2) is 9.20 Å². The number of benzene rings is 1. The highest BCUT2D eigenvalue weighted by atomic mass is 35.5. The number of aromatic nitrogens is 6. The molecule has 0 radical (unpaired) electrons. The summed E-state index contributed by atoms with van der Waals surface area (Å²) in [5, 5.41) is 30.0. The van der Waals surface area contributed by atoms with Crippen molar-refractivity contribution in [2.45, 2.75) is 51.4 Å². The minimum atomic E-state index is -4.44. The minimum absolute atomic E-state index is 0.0472. The second-order valence-electron chi connectivity index (χ2n) is 11.7. The lowest BCUT2D eigenvalue weighted by Gasteiger charge is -2.23. The van der Waals surface area contributed by atoms with Gasteiger partial charge in [-0.15, -0.1) is 5.10 Å². The van der Waals surface area contributed by atoms with Crippen molar-refractivity contribution in [1.82, 2.24) is 29.6 Å². The van der Waals surface area contributed by atoms with Crippen molar-refractivity contribution < 1.29 is 13.2 Å². The molecule has 0 unspecified atom stereocenters. The summed E-state index contributed by atoms with van der Waals surface area (Å²) >= 11 is 6.71. The molecule has 9 nitrogen and oxygen atoms in total. The van der Waals surface area contributed by atoms with Crippen molar-refractivity contribution in [3.05, 3.63) is 77.0 Å². The lowest BCUT2D eigenvalue weighted by atomic mass is 9.96. The van der Waals surface area contributed by atoms with Crippen LogP contribution in [0.4, 0.5) is 24.5 Å². The Bertz CT molecular complexity index is 1840. The average molecular weight is 594 g/mol. The summed E-state index contributed by atoms with van der Waals surface area (Å²) in [6.45, 7) is 6.82. The van der Waals surface area contributed by atoms with Gasteiger partial charge in [-0.2, -0.15) is 23.5 Å². The van der Waals surface area contributed by atoms with Gasteiger partial charge in [0.25, 0.3) is 0 Å². The molecule has 1 aromatic carbocycles. The van der Waals surface area contributed by atoms with Crippen molar-refractivity contribution in [2.24, 2.45) is 5.41 Å². The molecular weight excluding hydrogens is 567 g/mol. The van der Waals surface area contributed by atoms with E-state index in [0.717, 1.165) is 15.8 Å². The Morgan fingerprint density at radius 3 is 2.67 bits per heavy atom. The molecule has 6 rings (SSSR count). The van der Waals surface area contributed by atoms with Gasteiger partial charge >= 0.3 is 6.18 Å². The summed E-state index contributed by atoms with van der Waals surface area (Å²) in [5.74, 6) is 0. The maximum absolute atomic E-state index is 13.9. The second kappa shape index (κ2) is 9.87. The second-order valence-corrected chi connectivity index (χ2v) is 12.2. The first kappa shape index (κ1) is 27.8. The van der Waals surface area contributed by atoms with Crippen LogP contribution in [0.5, 0.6) is 0 Å². The lowest BCUT2D eigenvalue weighted by Crippen LogP contribution is -2.35. The first-order valence-corrected chi connectivity index (χ1v) is 13.7. The summed E-state index contributed by atoms with van der Waals surface area (Å²) < 4.78 is 44.3.